The largest absolute Gasteiger partial charge is 0.352 e. The van der Waals surface area contributed by atoms with Gasteiger partial charge in [0.15, 0.2) is 0 Å². The normalized spacial score (nSPS) is 21.7. The van der Waals surface area contributed by atoms with Crippen LogP contribution in [-0.4, -0.2) is 36.2 Å². The number of nitrogens with one attached hydrogen (secondary N) is 2. The van der Waals surface area contributed by atoms with Crippen LogP contribution in [0.3, 0.4) is 0 Å². The Morgan fingerprint density at radius 3 is 2.41 bits per heavy atom. The van der Waals surface area contributed by atoms with Crippen LogP contribution in [0.5, 0.6) is 0 Å². The van der Waals surface area contributed by atoms with E-state index in [1.807, 2.05) is 11.8 Å². The summed E-state index contributed by atoms with van der Waals surface area (Å²) >= 11 is 1.98. The summed E-state index contributed by atoms with van der Waals surface area (Å²) < 4.78 is 0. The fourth-order valence-electron chi connectivity index (χ4n) is 3.06. The minimum absolute atomic E-state index is 0.0546. The summed E-state index contributed by atoms with van der Waals surface area (Å²) in [4.78, 5) is 11.0. The number of carbonyl (C=O) groups is 1. The van der Waals surface area contributed by atoms with E-state index < -0.39 is 6.03 Å². The molecule has 2 amide bonds. The number of primary amides is 1. The topological polar surface area (TPSA) is 67.2 Å². The number of rotatable bonds is 12. The SMILES string of the molecule is CCCCCCCCCCNC1(CNC(N)=O)CCCSC1. The summed E-state index contributed by atoms with van der Waals surface area (Å²) in [7, 11) is 0. The van der Waals surface area contributed by atoms with Crippen LogP contribution >= 0.6 is 11.8 Å². The van der Waals surface area contributed by atoms with E-state index in [4.69, 9.17) is 5.73 Å². The van der Waals surface area contributed by atoms with Crippen LogP contribution in [0.1, 0.15) is 71.1 Å². The van der Waals surface area contributed by atoms with Gasteiger partial charge in [0, 0.05) is 17.8 Å². The van der Waals surface area contributed by atoms with Gasteiger partial charge in [0.05, 0.1) is 0 Å². The number of carbonyl (C=O) groups excluding carboxylic acids is 1. The Hall–Kier alpha value is -0.420. The van der Waals surface area contributed by atoms with Crippen molar-refractivity contribution in [3.05, 3.63) is 0 Å². The molecule has 1 aliphatic heterocycles. The maximum absolute atomic E-state index is 11.0. The Bertz CT molecular complexity index is 294. The molecule has 1 aliphatic rings. The molecule has 5 heteroatoms. The Kier molecular flexibility index (Phi) is 10.8. The molecule has 0 aliphatic carbocycles. The highest BCUT2D eigenvalue weighted by Gasteiger charge is 2.31. The molecule has 1 atom stereocenters. The smallest absolute Gasteiger partial charge is 0.312 e. The second-order valence-corrected chi connectivity index (χ2v) is 7.66. The Balaban J connectivity index is 2.11. The first-order chi connectivity index (χ1) is 10.7. The fraction of sp³-hybridized carbons (Fsp3) is 0.941. The highest BCUT2D eigenvalue weighted by atomic mass is 32.2. The van der Waals surface area contributed by atoms with Crippen LogP contribution in [0.15, 0.2) is 0 Å². The third-order valence-electron chi connectivity index (χ3n) is 4.45. The first-order valence-electron chi connectivity index (χ1n) is 9.05. The monoisotopic (exact) mass is 329 g/mol. The lowest BCUT2D eigenvalue weighted by Gasteiger charge is -2.38. The van der Waals surface area contributed by atoms with Gasteiger partial charge < -0.3 is 16.4 Å². The van der Waals surface area contributed by atoms with E-state index in [1.165, 1.54) is 63.5 Å². The summed E-state index contributed by atoms with van der Waals surface area (Å²) in [5.41, 5.74) is 5.28. The number of urea groups is 1. The number of thioether (sulfide) groups is 1. The Morgan fingerprint density at radius 1 is 1.14 bits per heavy atom. The van der Waals surface area contributed by atoms with Gasteiger partial charge in [-0.25, -0.2) is 4.79 Å². The Morgan fingerprint density at radius 2 is 1.82 bits per heavy atom. The van der Waals surface area contributed by atoms with Crippen molar-refractivity contribution in [1.82, 2.24) is 10.6 Å². The predicted octanol–water partition coefficient (Wildman–Crippen LogP) is 3.65. The molecular formula is C17H35N3OS. The average Bonchev–Trinajstić information content (AvgIpc) is 2.52. The van der Waals surface area contributed by atoms with Gasteiger partial charge >= 0.3 is 6.03 Å². The van der Waals surface area contributed by atoms with Crippen LogP contribution in [0.25, 0.3) is 0 Å². The first-order valence-corrected chi connectivity index (χ1v) is 10.2. The predicted molar refractivity (Wildman–Crippen MR) is 97.5 cm³/mol. The van der Waals surface area contributed by atoms with E-state index in [0.29, 0.717) is 6.54 Å². The summed E-state index contributed by atoms with van der Waals surface area (Å²) in [6.07, 6.45) is 13.1. The summed E-state index contributed by atoms with van der Waals surface area (Å²) in [6.45, 7) is 3.97. The molecular weight excluding hydrogens is 294 g/mol. The average molecular weight is 330 g/mol. The standard InChI is InChI=1S/C17H35N3OS/c1-2-3-4-5-6-7-8-9-12-20-17(14-19-16(18)21)11-10-13-22-15-17/h20H,2-15H2,1H3,(H3,18,19,21). The number of amides is 2. The lowest BCUT2D eigenvalue weighted by Crippen LogP contribution is -2.57. The number of hydrogen-bond donors (Lipinski definition) is 3. The van der Waals surface area contributed by atoms with Crippen molar-refractivity contribution in [1.29, 1.82) is 0 Å². The third-order valence-corrected chi connectivity index (χ3v) is 5.79. The van der Waals surface area contributed by atoms with Crippen molar-refractivity contribution in [2.45, 2.75) is 76.7 Å². The zero-order valence-corrected chi connectivity index (χ0v) is 15.1. The van der Waals surface area contributed by atoms with E-state index in [-0.39, 0.29) is 5.54 Å². The quantitative estimate of drug-likeness (QED) is 0.479. The van der Waals surface area contributed by atoms with Gasteiger partial charge in [0.2, 0.25) is 0 Å². The van der Waals surface area contributed by atoms with Crippen molar-refractivity contribution in [2.24, 2.45) is 5.73 Å². The van der Waals surface area contributed by atoms with E-state index >= 15 is 0 Å². The molecule has 1 rings (SSSR count). The van der Waals surface area contributed by atoms with Crippen LogP contribution in [-0.2, 0) is 0 Å². The highest BCUT2D eigenvalue weighted by Crippen LogP contribution is 2.26. The van der Waals surface area contributed by atoms with Gasteiger partial charge in [-0.1, -0.05) is 51.9 Å². The molecule has 1 unspecified atom stereocenters. The zero-order chi connectivity index (χ0) is 16.1. The van der Waals surface area contributed by atoms with E-state index in [9.17, 15) is 4.79 Å². The van der Waals surface area contributed by atoms with Crippen molar-refractivity contribution >= 4 is 17.8 Å². The number of unbranched alkanes of at least 4 members (excludes halogenated alkanes) is 7. The first kappa shape index (κ1) is 19.6. The van der Waals surface area contributed by atoms with Crippen LogP contribution in [0, 0.1) is 0 Å². The lowest BCUT2D eigenvalue weighted by molar-refractivity contribution is 0.241. The van der Waals surface area contributed by atoms with Gasteiger partial charge in [0.1, 0.15) is 0 Å². The molecule has 1 fully saturated rings. The molecule has 1 saturated heterocycles. The zero-order valence-electron chi connectivity index (χ0n) is 14.3. The molecule has 130 valence electrons. The maximum atomic E-state index is 11.0. The van der Waals surface area contributed by atoms with Crippen LogP contribution in [0.4, 0.5) is 4.79 Å². The molecule has 4 N–H and O–H groups in total. The van der Waals surface area contributed by atoms with Gasteiger partial charge in [-0.15, -0.1) is 0 Å². The summed E-state index contributed by atoms with van der Waals surface area (Å²) in [6, 6.07) is -0.413. The number of hydrogen-bond acceptors (Lipinski definition) is 3. The Labute approximate surface area is 140 Å². The molecule has 0 radical (unpaired) electrons. The molecule has 22 heavy (non-hydrogen) atoms. The molecule has 0 saturated carbocycles. The minimum atomic E-state index is -0.413. The molecule has 0 bridgehead atoms. The van der Waals surface area contributed by atoms with E-state index in [2.05, 4.69) is 17.6 Å². The van der Waals surface area contributed by atoms with Gasteiger partial charge in [-0.2, -0.15) is 11.8 Å². The van der Waals surface area contributed by atoms with Gasteiger partial charge in [-0.05, 0) is 31.6 Å². The van der Waals surface area contributed by atoms with Gasteiger partial charge in [0.25, 0.3) is 0 Å². The van der Waals surface area contributed by atoms with Crippen LogP contribution in [0.2, 0.25) is 0 Å². The van der Waals surface area contributed by atoms with Crippen molar-refractivity contribution in [3.8, 4) is 0 Å². The molecule has 0 aromatic rings. The summed E-state index contributed by atoms with van der Waals surface area (Å²) in [5.74, 6) is 2.31. The van der Waals surface area contributed by atoms with Crippen molar-refractivity contribution in [3.63, 3.8) is 0 Å². The number of nitrogens with two attached hydrogens (primary N) is 1. The second kappa shape index (κ2) is 12.1. The van der Waals surface area contributed by atoms with E-state index in [1.54, 1.807) is 0 Å². The lowest BCUT2D eigenvalue weighted by atomic mass is 9.94. The van der Waals surface area contributed by atoms with Gasteiger partial charge in [-0.3, -0.25) is 0 Å². The fourth-order valence-corrected chi connectivity index (χ4v) is 4.29. The molecule has 1 heterocycles. The van der Waals surface area contributed by atoms with Crippen LogP contribution < -0.4 is 16.4 Å². The third kappa shape index (κ3) is 8.89. The molecule has 0 spiro atoms. The highest BCUT2D eigenvalue weighted by molar-refractivity contribution is 7.99. The molecule has 0 aromatic heterocycles. The summed E-state index contributed by atoms with van der Waals surface area (Å²) in [5, 5.41) is 6.51. The second-order valence-electron chi connectivity index (χ2n) is 6.56. The van der Waals surface area contributed by atoms with E-state index in [0.717, 1.165) is 18.7 Å². The molecule has 0 aromatic carbocycles. The van der Waals surface area contributed by atoms with Crippen molar-refractivity contribution < 1.29 is 4.79 Å². The van der Waals surface area contributed by atoms with Crippen molar-refractivity contribution in [2.75, 3.05) is 24.6 Å². The molecule has 4 nitrogen and oxygen atoms in total. The minimum Gasteiger partial charge on any atom is -0.352 e. The maximum Gasteiger partial charge on any atom is 0.312 e.